The van der Waals surface area contributed by atoms with Gasteiger partial charge in [-0.05, 0) is 49.9 Å². The number of hydrogen-bond acceptors (Lipinski definition) is 4. The lowest BCUT2D eigenvalue weighted by molar-refractivity contribution is 0.170. The molecule has 0 aliphatic carbocycles. The third-order valence-corrected chi connectivity index (χ3v) is 5.30. The second kappa shape index (κ2) is 8.32. The van der Waals surface area contributed by atoms with Crippen molar-refractivity contribution in [2.45, 2.75) is 37.7 Å². The summed E-state index contributed by atoms with van der Waals surface area (Å²) in [5, 5.41) is 9.94. The predicted octanol–water partition coefficient (Wildman–Crippen LogP) is 2.44. The molecule has 3 N–H and O–H groups in total. The Balaban J connectivity index is 3.00. The molecule has 0 aliphatic rings. The Morgan fingerprint density at radius 3 is 2.67 bits per heavy atom. The van der Waals surface area contributed by atoms with Crippen LogP contribution >= 0.6 is 0 Å². The third-order valence-electron chi connectivity index (χ3n) is 3.46. The van der Waals surface area contributed by atoms with Gasteiger partial charge in [-0.2, -0.15) is 0 Å². The molecule has 21 heavy (non-hydrogen) atoms. The molecule has 0 saturated carbocycles. The zero-order valence-electron chi connectivity index (χ0n) is 12.7. The number of benzene rings is 1. The monoisotopic (exact) mass is 311 g/mol. The van der Waals surface area contributed by atoms with E-state index in [1.54, 1.807) is 24.3 Å². The van der Waals surface area contributed by atoms with Gasteiger partial charge in [0.25, 0.3) is 0 Å². The Labute approximate surface area is 127 Å². The van der Waals surface area contributed by atoms with E-state index in [0.29, 0.717) is 18.5 Å². The summed E-state index contributed by atoms with van der Waals surface area (Å²) in [5.74, 6) is 0.0993. The van der Waals surface area contributed by atoms with Crippen molar-refractivity contribution in [1.82, 2.24) is 0 Å². The number of nitrogens with two attached hydrogens (primary N) is 1. The second-order valence-electron chi connectivity index (χ2n) is 5.14. The van der Waals surface area contributed by atoms with Crippen LogP contribution in [0.1, 0.15) is 38.4 Å². The molecule has 0 radical (unpaired) electrons. The van der Waals surface area contributed by atoms with E-state index in [-0.39, 0.29) is 16.6 Å². The van der Waals surface area contributed by atoms with Gasteiger partial charge in [-0.1, -0.05) is 31.2 Å². The van der Waals surface area contributed by atoms with Crippen molar-refractivity contribution in [1.29, 1.82) is 0 Å². The first kappa shape index (κ1) is 17.9. The Morgan fingerprint density at radius 1 is 1.38 bits per heavy atom. The highest BCUT2D eigenvalue weighted by Crippen LogP contribution is 2.22. The largest absolute Gasteiger partial charge is 0.388 e. The number of aliphatic hydroxyl groups is 1. The highest BCUT2D eigenvalue weighted by atomic mass is 32.2. The van der Waals surface area contributed by atoms with Gasteiger partial charge in [-0.25, -0.2) is 8.42 Å². The highest BCUT2D eigenvalue weighted by molar-refractivity contribution is 7.91. The summed E-state index contributed by atoms with van der Waals surface area (Å²) < 4.78 is 24.9. The fraction of sp³-hybridized carbons (Fsp3) is 0.500. The molecule has 1 aromatic rings. The summed E-state index contributed by atoms with van der Waals surface area (Å²) in [7, 11) is -3.36. The molecule has 4 nitrogen and oxygen atoms in total. The first-order chi connectivity index (χ1) is 9.94. The molecule has 0 bridgehead atoms. The second-order valence-corrected chi connectivity index (χ2v) is 7.18. The number of allylic oxidation sites excluding steroid dienone is 2. The molecule has 0 aliphatic heterocycles. The van der Waals surface area contributed by atoms with E-state index in [1.165, 1.54) is 0 Å². The van der Waals surface area contributed by atoms with Crippen molar-refractivity contribution in [3.8, 4) is 0 Å². The number of rotatable bonds is 8. The molecule has 2 atom stereocenters. The normalized spacial score (nSPS) is 15.2. The molecule has 0 saturated heterocycles. The maximum absolute atomic E-state index is 12.5. The van der Waals surface area contributed by atoms with Crippen LogP contribution in [0.4, 0.5) is 0 Å². The highest BCUT2D eigenvalue weighted by Gasteiger charge is 2.20. The number of aliphatic hydroxyl groups excluding tert-OH is 1. The molecule has 0 amide bonds. The van der Waals surface area contributed by atoms with Gasteiger partial charge < -0.3 is 10.8 Å². The number of hydrogen-bond donors (Lipinski definition) is 2. The predicted molar refractivity (Wildman–Crippen MR) is 85.7 cm³/mol. The smallest absolute Gasteiger partial charge is 0.178 e. The first-order valence-corrected chi connectivity index (χ1v) is 8.93. The zero-order chi connectivity index (χ0) is 15.9. The first-order valence-electron chi connectivity index (χ1n) is 7.28. The van der Waals surface area contributed by atoms with E-state index in [4.69, 9.17) is 5.73 Å². The van der Waals surface area contributed by atoms with E-state index in [9.17, 15) is 13.5 Å². The summed E-state index contributed by atoms with van der Waals surface area (Å²) >= 11 is 0. The van der Waals surface area contributed by atoms with Crippen molar-refractivity contribution >= 4 is 9.84 Å². The summed E-state index contributed by atoms with van der Waals surface area (Å²) in [6, 6.07) is 6.52. The minimum atomic E-state index is -3.36. The summed E-state index contributed by atoms with van der Waals surface area (Å²) in [4.78, 5) is 0.263. The summed E-state index contributed by atoms with van der Waals surface area (Å²) in [6.45, 7) is 4.22. The van der Waals surface area contributed by atoms with Crippen LogP contribution in [0.25, 0.3) is 0 Å². The van der Waals surface area contributed by atoms with Gasteiger partial charge >= 0.3 is 0 Å². The minimum absolute atomic E-state index is 0.0117. The Hall–Kier alpha value is -1.17. The summed E-state index contributed by atoms with van der Waals surface area (Å²) in [6.07, 6.45) is 4.27. The molecule has 0 fully saturated rings. The fourth-order valence-corrected chi connectivity index (χ4v) is 3.90. The van der Waals surface area contributed by atoms with Crippen LogP contribution in [0.3, 0.4) is 0 Å². The SMILES string of the molecule is CC=CC(CC)CS(=O)(=O)c1cccc(C(O)CCN)c1. The lowest BCUT2D eigenvalue weighted by atomic mass is 10.1. The average molecular weight is 311 g/mol. The van der Waals surface area contributed by atoms with Crippen LogP contribution in [-0.4, -0.2) is 25.8 Å². The maximum atomic E-state index is 12.5. The van der Waals surface area contributed by atoms with Crippen LogP contribution in [0.15, 0.2) is 41.3 Å². The van der Waals surface area contributed by atoms with Crippen molar-refractivity contribution < 1.29 is 13.5 Å². The lowest BCUT2D eigenvalue weighted by Crippen LogP contribution is -2.15. The van der Waals surface area contributed by atoms with Gasteiger partial charge in [-0.15, -0.1) is 0 Å². The van der Waals surface area contributed by atoms with Crippen molar-refractivity contribution in [3.63, 3.8) is 0 Å². The molecule has 0 heterocycles. The minimum Gasteiger partial charge on any atom is -0.388 e. The van der Waals surface area contributed by atoms with Crippen molar-refractivity contribution in [2.24, 2.45) is 11.7 Å². The number of sulfone groups is 1. The molecular formula is C16H25NO3S. The Morgan fingerprint density at radius 2 is 2.10 bits per heavy atom. The van der Waals surface area contributed by atoms with Crippen LogP contribution < -0.4 is 5.73 Å². The van der Waals surface area contributed by atoms with E-state index in [2.05, 4.69) is 0 Å². The molecule has 2 unspecified atom stereocenters. The molecule has 1 rings (SSSR count). The Kier molecular flexibility index (Phi) is 7.08. The van der Waals surface area contributed by atoms with Gasteiger partial charge in [-0.3, -0.25) is 0 Å². The topological polar surface area (TPSA) is 80.4 Å². The van der Waals surface area contributed by atoms with Crippen LogP contribution in [0.2, 0.25) is 0 Å². The quantitative estimate of drug-likeness (QED) is 0.723. The Bertz CT molecular complexity index is 567. The van der Waals surface area contributed by atoms with Gasteiger partial charge in [0, 0.05) is 0 Å². The molecule has 1 aromatic carbocycles. The van der Waals surface area contributed by atoms with Crippen LogP contribution in [0, 0.1) is 5.92 Å². The van der Waals surface area contributed by atoms with Gasteiger partial charge in [0.1, 0.15) is 0 Å². The standard InChI is InChI=1S/C16H25NO3S/c1-3-6-13(4-2)12-21(19,20)15-8-5-7-14(11-15)16(18)9-10-17/h3,5-8,11,13,16,18H,4,9-10,12,17H2,1-2H3. The van der Waals surface area contributed by atoms with Gasteiger partial charge in [0.05, 0.1) is 16.8 Å². The molecule has 0 aromatic heterocycles. The third kappa shape index (κ3) is 5.26. The van der Waals surface area contributed by atoms with E-state index in [1.807, 2.05) is 26.0 Å². The molecule has 5 heteroatoms. The van der Waals surface area contributed by atoms with Gasteiger partial charge in [0.2, 0.25) is 0 Å². The molecular weight excluding hydrogens is 286 g/mol. The van der Waals surface area contributed by atoms with E-state index < -0.39 is 15.9 Å². The molecule has 118 valence electrons. The van der Waals surface area contributed by atoms with Gasteiger partial charge in [0.15, 0.2) is 9.84 Å². The van der Waals surface area contributed by atoms with Crippen LogP contribution in [-0.2, 0) is 9.84 Å². The van der Waals surface area contributed by atoms with E-state index in [0.717, 1.165) is 6.42 Å². The van der Waals surface area contributed by atoms with E-state index >= 15 is 0 Å². The van der Waals surface area contributed by atoms with Crippen molar-refractivity contribution in [3.05, 3.63) is 42.0 Å². The zero-order valence-corrected chi connectivity index (χ0v) is 13.5. The van der Waals surface area contributed by atoms with Crippen LogP contribution in [0.5, 0.6) is 0 Å². The molecule has 0 spiro atoms. The van der Waals surface area contributed by atoms with Crippen molar-refractivity contribution in [2.75, 3.05) is 12.3 Å². The fourth-order valence-electron chi connectivity index (χ4n) is 2.20. The average Bonchev–Trinajstić information content (AvgIpc) is 2.47. The summed E-state index contributed by atoms with van der Waals surface area (Å²) in [5.41, 5.74) is 6.02. The lowest BCUT2D eigenvalue weighted by Gasteiger charge is -2.14. The maximum Gasteiger partial charge on any atom is 0.178 e.